The largest absolute Gasteiger partial charge is 0.489 e. The molecule has 0 unspecified atom stereocenters. The topological polar surface area (TPSA) is 63.6 Å². The fraction of sp³-hybridized carbons (Fsp3) is 0.148. The van der Waals surface area contributed by atoms with Crippen molar-refractivity contribution in [2.75, 3.05) is 6.54 Å². The molecular weight excluding hydrogens is 482 g/mol. The Labute approximate surface area is 214 Å². The standard InChI is InChI=1S/C27H24ClN3O3S/c1-4-13-30-26(33)23(25(32)29-27(30)35)15-20-14-17(2)31(18(20)3)21-9-11-22(12-10-21)34-16-19-7-5-6-8-24(19)28/h4-12,14-15H,1,13,16H2,2-3H3,(H,29,32,35)/b23-15+. The van der Waals surface area contributed by atoms with Crippen LogP contribution in [-0.4, -0.2) is 32.9 Å². The van der Waals surface area contributed by atoms with Crippen LogP contribution in [0.1, 0.15) is 22.5 Å². The molecule has 1 saturated heterocycles. The summed E-state index contributed by atoms with van der Waals surface area (Å²) >= 11 is 11.3. The molecule has 0 spiro atoms. The third-order valence-corrected chi connectivity index (χ3v) is 6.41. The third kappa shape index (κ3) is 5.06. The average Bonchev–Trinajstić information content (AvgIpc) is 3.12. The fourth-order valence-corrected chi connectivity index (χ4v) is 4.38. The number of nitrogens with one attached hydrogen (secondary N) is 1. The van der Waals surface area contributed by atoms with Crippen LogP contribution in [0.15, 0.2) is 72.8 Å². The molecule has 0 radical (unpaired) electrons. The summed E-state index contributed by atoms with van der Waals surface area (Å²) in [6.07, 6.45) is 3.17. The van der Waals surface area contributed by atoms with E-state index in [-0.39, 0.29) is 17.2 Å². The van der Waals surface area contributed by atoms with E-state index in [0.29, 0.717) is 11.6 Å². The van der Waals surface area contributed by atoms with Crippen molar-refractivity contribution in [3.8, 4) is 11.4 Å². The Balaban J connectivity index is 1.57. The van der Waals surface area contributed by atoms with E-state index in [2.05, 4.69) is 16.5 Å². The van der Waals surface area contributed by atoms with E-state index in [4.69, 9.17) is 28.6 Å². The molecule has 2 amide bonds. The van der Waals surface area contributed by atoms with Gasteiger partial charge >= 0.3 is 0 Å². The van der Waals surface area contributed by atoms with Gasteiger partial charge in [-0.1, -0.05) is 35.9 Å². The second-order valence-electron chi connectivity index (χ2n) is 8.06. The number of aromatic nitrogens is 1. The summed E-state index contributed by atoms with van der Waals surface area (Å²) in [5, 5.41) is 3.33. The van der Waals surface area contributed by atoms with Crippen molar-refractivity contribution in [2.45, 2.75) is 20.5 Å². The van der Waals surface area contributed by atoms with E-state index in [1.165, 1.54) is 4.90 Å². The Morgan fingerprint density at radius 2 is 1.83 bits per heavy atom. The highest BCUT2D eigenvalue weighted by molar-refractivity contribution is 7.80. The number of hydrogen-bond acceptors (Lipinski definition) is 4. The Hall–Kier alpha value is -3.68. The number of halogens is 1. The summed E-state index contributed by atoms with van der Waals surface area (Å²) in [4.78, 5) is 26.7. The van der Waals surface area contributed by atoms with Crippen LogP contribution in [0.4, 0.5) is 0 Å². The molecule has 178 valence electrons. The minimum atomic E-state index is -0.509. The van der Waals surface area contributed by atoms with Crippen molar-refractivity contribution in [3.05, 3.63) is 100 Å². The first-order valence-corrected chi connectivity index (χ1v) is 11.7. The van der Waals surface area contributed by atoms with Gasteiger partial charge in [0.15, 0.2) is 5.11 Å². The molecule has 6 nitrogen and oxygen atoms in total. The van der Waals surface area contributed by atoms with E-state index in [0.717, 1.165) is 34.0 Å². The maximum atomic E-state index is 12.9. The maximum absolute atomic E-state index is 12.9. The first kappa shape index (κ1) is 24.4. The van der Waals surface area contributed by atoms with Gasteiger partial charge in [0.05, 0.1) is 0 Å². The molecule has 2 aromatic carbocycles. The number of rotatable bonds is 7. The lowest BCUT2D eigenvalue weighted by atomic mass is 10.1. The van der Waals surface area contributed by atoms with E-state index >= 15 is 0 Å². The first-order chi connectivity index (χ1) is 16.8. The predicted octanol–water partition coefficient (Wildman–Crippen LogP) is 5.14. The summed E-state index contributed by atoms with van der Waals surface area (Å²) in [5.74, 6) is -0.227. The van der Waals surface area contributed by atoms with Gasteiger partial charge in [0.1, 0.15) is 17.9 Å². The lowest BCUT2D eigenvalue weighted by Gasteiger charge is -2.27. The molecule has 3 aromatic rings. The number of ether oxygens (including phenoxy) is 1. The van der Waals surface area contributed by atoms with Crippen LogP contribution < -0.4 is 10.1 Å². The normalized spacial score (nSPS) is 14.9. The van der Waals surface area contributed by atoms with Gasteiger partial charge in [-0.05, 0) is 74.1 Å². The monoisotopic (exact) mass is 505 g/mol. The van der Waals surface area contributed by atoms with Gasteiger partial charge in [-0.2, -0.15) is 0 Å². The van der Waals surface area contributed by atoms with Crippen LogP contribution in [0.2, 0.25) is 5.02 Å². The van der Waals surface area contributed by atoms with Crippen molar-refractivity contribution in [1.29, 1.82) is 0 Å². The van der Waals surface area contributed by atoms with E-state index < -0.39 is 11.8 Å². The lowest BCUT2D eigenvalue weighted by Crippen LogP contribution is -2.53. The molecule has 2 heterocycles. The molecule has 1 N–H and O–H groups in total. The highest BCUT2D eigenvalue weighted by atomic mass is 35.5. The number of carbonyl (C=O) groups excluding carboxylic acids is 2. The number of hydrogen-bond donors (Lipinski definition) is 1. The molecule has 1 aliphatic rings. The average molecular weight is 506 g/mol. The summed E-state index contributed by atoms with van der Waals surface area (Å²) in [7, 11) is 0. The Bertz CT molecular complexity index is 1360. The van der Waals surface area contributed by atoms with E-state index in [9.17, 15) is 9.59 Å². The van der Waals surface area contributed by atoms with Crippen molar-refractivity contribution in [2.24, 2.45) is 0 Å². The summed E-state index contributed by atoms with van der Waals surface area (Å²) < 4.78 is 7.94. The molecular formula is C27H24ClN3O3S. The zero-order valence-corrected chi connectivity index (χ0v) is 20.9. The highest BCUT2D eigenvalue weighted by Crippen LogP contribution is 2.26. The van der Waals surface area contributed by atoms with Crippen molar-refractivity contribution >= 4 is 46.8 Å². The number of amides is 2. The van der Waals surface area contributed by atoms with Gasteiger partial charge in [-0.3, -0.25) is 19.8 Å². The second kappa shape index (κ2) is 10.3. The van der Waals surface area contributed by atoms with Gasteiger partial charge in [0.25, 0.3) is 11.8 Å². The predicted molar refractivity (Wildman–Crippen MR) is 142 cm³/mol. The zero-order chi connectivity index (χ0) is 25.1. The lowest BCUT2D eigenvalue weighted by molar-refractivity contribution is -0.128. The van der Waals surface area contributed by atoms with E-state index in [1.807, 2.05) is 68.4 Å². The van der Waals surface area contributed by atoms with Gasteiger partial charge < -0.3 is 9.30 Å². The minimum Gasteiger partial charge on any atom is -0.489 e. The van der Waals surface area contributed by atoms with E-state index in [1.54, 1.807) is 12.2 Å². The molecule has 0 saturated carbocycles. The third-order valence-electron chi connectivity index (χ3n) is 5.71. The maximum Gasteiger partial charge on any atom is 0.265 e. The molecule has 0 bridgehead atoms. The van der Waals surface area contributed by atoms with Gasteiger partial charge in [0, 0.05) is 34.2 Å². The molecule has 4 rings (SSSR count). The van der Waals surface area contributed by atoms with Crippen LogP contribution in [0.3, 0.4) is 0 Å². The summed E-state index contributed by atoms with van der Waals surface area (Å²) in [5.41, 5.74) is 4.51. The van der Waals surface area contributed by atoms with Crippen LogP contribution in [0, 0.1) is 13.8 Å². The Morgan fingerprint density at radius 1 is 1.11 bits per heavy atom. The molecule has 1 aromatic heterocycles. The van der Waals surface area contributed by atoms with Crippen LogP contribution in [0.25, 0.3) is 11.8 Å². The molecule has 1 fully saturated rings. The van der Waals surface area contributed by atoms with Crippen LogP contribution >= 0.6 is 23.8 Å². The highest BCUT2D eigenvalue weighted by Gasteiger charge is 2.32. The van der Waals surface area contributed by atoms with Gasteiger partial charge in [-0.25, -0.2) is 0 Å². The second-order valence-corrected chi connectivity index (χ2v) is 8.85. The molecule has 0 atom stereocenters. The first-order valence-electron chi connectivity index (χ1n) is 11.0. The van der Waals surface area contributed by atoms with Crippen LogP contribution in [0.5, 0.6) is 5.75 Å². The molecule has 35 heavy (non-hydrogen) atoms. The van der Waals surface area contributed by atoms with Crippen LogP contribution in [-0.2, 0) is 16.2 Å². The quantitative estimate of drug-likeness (QED) is 0.209. The zero-order valence-electron chi connectivity index (χ0n) is 19.4. The van der Waals surface area contributed by atoms with Gasteiger partial charge in [-0.15, -0.1) is 6.58 Å². The SMILES string of the molecule is C=CCN1C(=O)/C(=C/c2cc(C)n(-c3ccc(OCc4ccccc4Cl)cc3)c2C)C(=O)NC1=S. The fourth-order valence-electron chi connectivity index (χ4n) is 3.94. The molecule has 1 aliphatic heterocycles. The van der Waals surface area contributed by atoms with Crippen molar-refractivity contribution in [3.63, 3.8) is 0 Å². The Morgan fingerprint density at radius 3 is 2.51 bits per heavy atom. The molecule has 0 aliphatic carbocycles. The van der Waals surface area contributed by atoms with Crippen molar-refractivity contribution < 1.29 is 14.3 Å². The number of benzene rings is 2. The number of aryl methyl sites for hydroxylation is 1. The number of carbonyl (C=O) groups is 2. The van der Waals surface area contributed by atoms with Crippen molar-refractivity contribution in [1.82, 2.24) is 14.8 Å². The van der Waals surface area contributed by atoms with Gasteiger partial charge in [0.2, 0.25) is 0 Å². The smallest absolute Gasteiger partial charge is 0.265 e. The molecule has 8 heteroatoms. The number of nitrogens with zero attached hydrogens (tertiary/aromatic N) is 2. The minimum absolute atomic E-state index is 0.0315. The summed E-state index contributed by atoms with van der Waals surface area (Å²) in [6, 6.07) is 17.2. The summed E-state index contributed by atoms with van der Waals surface area (Å²) in [6.45, 7) is 8.16. The Kier molecular flexibility index (Phi) is 7.19. The number of thiocarbonyl (C=S) groups is 1.